The molecule has 1 aromatic carbocycles. The molecule has 2 aromatic rings. The van der Waals surface area contributed by atoms with Gasteiger partial charge in [-0.2, -0.15) is 0 Å². The fourth-order valence-corrected chi connectivity index (χ4v) is 1.69. The van der Waals surface area contributed by atoms with Gasteiger partial charge in [-0.1, -0.05) is 6.07 Å². The van der Waals surface area contributed by atoms with Crippen molar-refractivity contribution in [2.75, 3.05) is 5.73 Å². The number of benzene rings is 1. The van der Waals surface area contributed by atoms with E-state index in [1.165, 1.54) is 6.33 Å². The van der Waals surface area contributed by atoms with Crippen molar-refractivity contribution in [1.82, 2.24) is 9.97 Å². The Morgan fingerprint density at radius 1 is 1.47 bits per heavy atom. The fourth-order valence-electron chi connectivity index (χ4n) is 1.28. The van der Waals surface area contributed by atoms with Crippen molar-refractivity contribution < 1.29 is 4.74 Å². The van der Waals surface area contributed by atoms with Gasteiger partial charge in [0, 0.05) is 11.3 Å². The van der Waals surface area contributed by atoms with Gasteiger partial charge in [0.25, 0.3) is 5.56 Å². The molecular formula is C11H10IN3O2. The van der Waals surface area contributed by atoms with Crippen molar-refractivity contribution in [3.8, 4) is 11.6 Å². The van der Waals surface area contributed by atoms with E-state index < -0.39 is 0 Å². The van der Waals surface area contributed by atoms with Gasteiger partial charge in [0.05, 0.1) is 6.33 Å². The molecule has 88 valence electrons. The Balaban J connectivity index is 2.42. The summed E-state index contributed by atoms with van der Waals surface area (Å²) in [5.41, 5.74) is 7.01. The number of nitrogens with two attached hydrogens (primary N) is 1. The second-order valence-corrected chi connectivity index (χ2v) is 4.50. The lowest BCUT2D eigenvalue weighted by Gasteiger charge is -2.09. The maximum atomic E-state index is 11.4. The van der Waals surface area contributed by atoms with Crippen LogP contribution < -0.4 is 16.0 Å². The van der Waals surface area contributed by atoms with Gasteiger partial charge in [-0.05, 0) is 41.6 Å². The van der Waals surface area contributed by atoms with Crippen LogP contribution in [0.3, 0.4) is 0 Å². The number of nitrogen functional groups attached to an aromatic ring is 1. The summed E-state index contributed by atoms with van der Waals surface area (Å²) >= 11 is 1.89. The number of nitrogens with zero attached hydrogens (tertiary/aromatic N) is 1. The molecule has 17 heavy (non-hydrogen) atoms. The number of anilines is 1. The summed E-state index contributed by atoms with van der Waals surface area (Å²) in [6.45, 7) is 1.85. The van der Waals surface area contributed by atoms with E-state index >= 15 is 0 Å². The Morgan fingerprint density at radius 2 is 2.24 bits per heavy atom. The summed E-state index contributed by atoms with van der Waals surface area (Å²) in [6.07, 6.45) is 1.31. The lowest BCUT2D eigenvalue weighted by molar-refractivity contribution is 0.453. The van der Waals surface area contributed by atoms with E-state index in [0.717, 1.165) is 5.56 Å². The van der Waals surface area contributed by atoms with Crippen LogP contribution in [-0.2, 0) is 0 Å². The molecule has 2 rings (SSSR count). The first-order valence-corrected chi connectivity index (χ1v) is 5.93. The molecule has 0 aliphatic rings. The minimum Gasteiger partial charge on any atom is -0.437 e. The van der Waals surface area contributed by atoms with Crippen molar-refractivity contribution in [2.45, 2.75) is 6.92 Å². The molecule has 0 bridgehead atoms. The van der Waals surface area contributed by atoms with E-state index in [9.17, 15) is 4.79 Å². The van der Waals surface area contributed by atoms with Crippen LogP contribution in [-0.4, -0.2) is 9.97 Å². The lowest BCUT2D eigenvalue weighted by Crippen LogP contribution is -2.11. The van der Waals surface area contributed by atoms with Gasteiger partial charge in [-0.15, -0.1) is 0 Å². The predicted octanol–water partition coefficient (Wildman–Crippen LogP) is 2.06. The topological polar surface area (TPSA) is 81.0 Å². The second kappa shape index (κ2) is 4.74. The average Bonchev–Trinajstić information content (AvgIpc) is 2.31. The number of H-pyrrole nitrogens is 1. The van der Waals surface area contributed by atoms with Gasteiger partial charge < -0.3 is 15.5 Å². The summed E-state index contributed by atoms with van der Waals surface area (Å²) in [6, 6.07) is 5.36. The molecule has 5 nitrogen and oxygen atoms in total. The quantitative estimate of drug-likeness (QED) is 0.646. The molecule has 3 N–H and O–H groups in total. The van der Waals surface area contributed by atoms with Gasteiger partial charge in [0.1, 0.15) is 9.32 Å². The highest BCUT2D eigenvalue weighted by molar-refractivity contribution is 14.1. The average molecular weight is 343 g/mol. The number of hydrogen-bond donors (Lipinski definition) is 2. The number of rotatable bonds is 2. The van der Waals surface area contributed by atoms with Crippen molar-refractivity contribution in [3.05, 3.63) is 44.0 Å². The molecule has 0 saturated carbocycles. The summed E-state index contributed by atoms with van der Waals surface area (Å²) in [5, 5.41) is 0. The number of nitrogens with one attached hydrogen (secondary N) is 1. The molecular weight excluding hydrogens is 333 g/mol. The Kier molecular flexibility index (Phi) is 3.32. The maximum absolute atomic E-state index is 11.4. The molecule has 6 heteroatoms. The summed E-state index contributed by atoms with van der Waals surface area (Å²) < 4.78 is 5.99. The summed E-state index contributed by atoms with van der Waals surface area (Å²) in [5.74, 6) is 0.879. The first-order chi connectivity index (χ1) is 8.09. The molecule has 1 aromatic heterocycles. The monoisotopic (exact) mass is 343 g/mol. The Morgan fingerprint density at radius 3 is 3.00 bits per heavy atom. The Bertz CT molecular complexity index is 610. The molecule has 0 radical (unpaired) electrons. The van der Waals surface area contributed by atoms with Crippen LogP contribution in [0.1, 0.15) is 5.56 Å². The fraction of sp³-hybridized carbons (Fsp3) is 0.0909. The molecule has 0 unspecified atom stereocenters. The third-order valence-electron chi connectivity index (χ3n) is 2.30. The normalized spacial score (nSPS) is 10.2. The lowest BCUT2D eigenvalue weighted by atomic mass is 10.2. The zero-order valence-electron chi connectivity index (χ0n) is 9.03. The van der Waals surface area contributed by atoms with Gasteiger partial charge in [0.2, 0.25) is 5.88 Å². The highest BCUT2D eigenvalue weighted by atomic mass is 127. The van der Waals surface area contributed by atoms with E-state index in [4.69, 9.17) is 10.5 Å². The first kappa shape index (κ1) is 11.9. The molecule has 0 fully saturated rings. The SMILES string of the molecule is Cc1c(N)cccc1Oc1nc[nH]c(=O)c1I. The van der Waals surface area contributed by atoms with Gasteiger partial charge >= 0.3 is 0 Å². The van der Waals surface area contributed by atoms with E-state index in [-0.39, 0.29) is 11.4 Å². The molecule has 0 aliphatic heterocycles. The first-order valence-electron chi connectivity index (χ1n) is 4.85. The maximum Gasteiger partial charge on any atom is 0.268 e. The van der Waals surface area contributed by atoms with Crippen LogP contribution in [0.15, 0.2) is 29.3 Å². The van der Waals surface area contributed by atoms with Crippen LogP contribution in [0, 0.1) is 10.5 Å². The number of aromatic nitrogens is 2. The third kappa shape index (κ3) is 2.41. The predicted molar refractivity (Wildman–Crippen MR) is 73.2 cm³/mol. The van der Waals surface area contributed by atoms with Crippen LogP contribution >= 0.6 is 22.6 Å². The van der Waals surface area contributed by atoms with Crippen molar-refractivity contribution in [1.29, 1.82) is 0 Å². The van der Waals surface area contributed by atoms with Gasteiger partial charge in [0.15, 0.2) is 0 Å². The van der Waals surface area contributed by atoms with E-state index in [1.807, 2.05) is 29.5 Å². The molecule has 0 saturated heterocycles. The third-order valence-corrected chi connectivity index (χ3v) is 3.25. The highest BCUT2D eigenvalue weighted by Gasteiger charge is 2.10. The van der Waals surface area contributed by atoms with Crippen molar-refractivity contribution in [3.63, 3.8) is 0 Å². The van der Waals surface area contributed by atoms with E-state index in [0.29, 0.717) is 15.0 Å². The second-order valence-electron chi connectivity index (χ2n) is 3.42. The van der Waals surface area contributed by atoms with E-state index in [2.05, 4.69) is 9.97 Å². The zero-order valence-corrected chi connectivity index (χ0v) is 11.2. The van der Waals surface area contributed by atoms with E-state index in [1.54, 1.807) is 18.2 Å². The number of hydrogen-bond acceptors (Lipinski definition) is 4. The standard InChI is InChI=1S/C11H10IN3O2/c1-6-7(13)3-2-4-8(6)17-11-9(12)10(16)14-5-15-11/h2-5H,13H2,1H3,(H,14,15,16). The van der Waals surface area contributed by atoms with Crippen LogP contribution in [0.2, 0.25) is 0 Å². The van der Waals surface area contributed by atoms with Gasteiger partial charge in [-0.3, -0.25) is 4.79 Å². The summed E-state index contributed by atoms with van der Waals surface area (Å²) in [7, 11) is 0. The Hall–Kier alpha value is -1.57. The van der Waals surface area contributed by atoms with Crippen LogP contribution in [0.25, 0.3) is 0 Å². The van der Waals surface area contributed by atoms with Crippen molar-refractivity contribution >= 4 is 28.3 Å². The molecule has 1 heterocycles. The van der Waals surface area contributed by atoms with Gasteiger partial charge in [-0.25, -0.2) is 4.98 Å². The van der Waals surface area contributed by atoms with Crippen LogP contribution in [0.4, 0.5) is 5.69 Å². The molecule has 0 amide bonds. The minimum atomic E-state index is -0.225. The van der Waals surface area contributed by atoms with Crippen molar-refractivity contribution in [2.24, 2.45) is 0 Å². The molecule has 0 atom stereocenters. The molecule has 0 aliphatic carbocycles. The smallest absolute Gasteiger partial charge is 0.268 e. The number of aromatic amines is 1. The highest BCUT2D eigenvalue weighted by Crippen LogP contribution is 2.28. The Labute approximate surface area is 111 Å². The number of halogens is 1. The minimum absolute atomic E-state index is 0.225. The molecule has 0 spiro atoms. The zero-order chi connectivity index (χ0) is 12.4. The number of ether oxygens (including phenoxy) is 1. The summed E-state index contributed by atoms with van der Waals surface area (Å²) in [4.78, 5) is 17.8. The largest absolute Gasteiger partial charge is 0.437 e. The van der Waals surface area contributed by atoms with Crippen LogP contribution in [0.5, 0.6) is 11.6 Å².